The van der Waals surface area contributed by atoms with Gasteiger partial charge in [-0.3, -0.25) is 4.79 Å². The van der Waals surface area contributed by atoms with Crippen LogP contribution in [-0.4, -0.2) is 26.0 Å². The van der Waals surface area contributed by atoms with Crippen molar-refractivity contribution in [2.75, 3.05) is 0 Å². The van der Waals surface area contributed by atoms with Gasteiger partial charge in [-0.05, 0) is 32.4 Å². The van der Waals surface area contributed by atoms with Gasteiger partial charge in [0.2, 0.25) is 0 Å². The number of imidazole rings is 1. The van der Waals surface area contributed by atoms with Crippen LogP contribution in [0.25, 0.3) is 5.65 Å². The van der Waals surface area contributed by atoms with E-state index in [1.54, 1.807) is 18.1 Å². The van der Waals surface area contributed by atoms with Crippen LogP contribution in [0, 0.1) is 13.8 Å². The number of hydrogen-bond donors (Lipinski definition) is 3. The van der Waals surface area contributed by atoms with Crippen LogP contribution in [0.5, 0.6) is 0 Å². The van der Waals surface area contributed by atoms with Gasteiger partial charge in [0.15, 0.2) is 0 Å². The molecule has 0 unspecified atom stereocenters. The molecule has 21 heavy (non-hydrogen) atoms. The molecule has 2 rings (SSSR count). The monoisotopic (exact) mass is 291 g/mol. The zero-order valence-corrected chi connectivity index (χ0v) is 12.4. The van der Waals surface area contributed by atoms with Crippen LogP contribution in [-0.2, 0) is 11.3 Å². The summed E-state index contributed by atoms with van der Waals surface area (Å²) in [6, 6.07) is 4.09. The molecule has 7 nitrogen and oxygen atoms in total. The SMILES string of the molecule is C/C(N)=C/N(N)Cc1cn2c(C)c(C)ccc2n1.O=CO. The van der Waals surface area contributed by atoms with E-state index in [1.807, 2.05) is 12.3 Å². The van der Waals surface area contributed by atoms with Crippen molar-refractivity contribution in [1.29, 1.82) is 0 Å². The maximum absolute atomic E-state index is 8.36. The molecule has 0 saturated heterocycles. The van der Waals surface area contributed by atoms with Gasteiger partial charge in [0.1, 0.15) is 5.65 Å². The average Bonchev–Trinajstić information content (AvgIpc) is 2.77. The Hall–Kier alpha value is -2.54. The maximum atomic E-state index is 8.36. The Morgan fingerprint density at radius 2 is 2.10 bits per heavy atom. The Morgan fingerprint density at radius 3 is 2.67 bits per heavy atom. The third kappa shape index (κ3) is 4.50. The fourth-order valence-electron chi connectivity index (χ4n) is 1.91. The highest BCUT2D eigenvalue weighted by molar-refractivity contribution is 5.44. The summed E-state index contributed by atoms with van der Waals surface area (Å²) in [4.78, 5) is 12.9. The minimum atomic E-state index is -0.250. The van der Waals surface area contributed by atoms with E-state index in [4.69, 9.17) is 21.5 Å². The van der Waals surface area contributed by atoms with E-state index >= 15 is 0 Å². The third-order valence-corrected chi connectivity index (χ3v) is 2.91. The molecule has 5 N–H and O–H groups in total. The predicted molar refractivity (Wildman–Crippen MR) is 81.0 cm³/mol. The van der Waals surface area contributed by atoms with E-state index in [-0.39, 0.29) is 6.47 Å². The number of carbonyl (C=O) groups is 1. The van der Waals surface area contributed by atoms with Crippen molar-refractivity contribution in [3.8, 4) is 0 Å². The summed E-state index contributed by atoms with van der Waals surface area (Å²) < 4.78 is 2.08. The summed E-state index contributed by atoms with van der Waals surface area (Å²) in [6.45, 7) is 6.26. The highest BCUT2D eigenvalue weighted by Gasteiger charge is 2.06. The number of rotatable bonds is 3. The highest BCUT2D eigenvalue weighted by Crippen LogP contribution is 2.13. The first-order valence-electron chi connectivity index (χ1n) is 6.36. The normalized spacial score (nSPS) is 11.0. The number of carboxylic acid groups (broad SMARTS) is 1. The smallest absolute Gasteiger partial charge is 0.290 e. The number of nitrogens with zero attached hydrogens (tertiary/aromatic N) is 3. The Morgan fingerprint density at radius 1 is 1.48 bits per heavy atom. The van der Waals surface area contributed by atoms with Crippen molar-refractivity contribution in [3.63, 3.8) is 0 Å². The molecule has 0 aliphatic heterocycles. The van der Waals surface area contributed by atoms with E-state index in [0.29, 0.717) is 12.2 Å². The van der Waals surface area contributed by atoms with Crippen molar-refractivity contribution in [3.05, 3.63) is 47.2 Å². The second-order valence-corrected chi connectivity index (χ2v) is 4.71. The lowest BCUT2D eigenvalue weighted by Crippen LogP contribution is -2.25. The second-order valence-electron chi connectivity index (χ2n) is 4.71. The van der Waals surface area contributed by atoms with Gasteiger partial charge in [-0.25, -0.2) is 10.8 Å². The molecule has 2 aromatic heterocycles. The Balaban J connectivity index is 0.000000677. The molecule has 0 aliphatic rings. The van der Waals surface area contributed by atoms with E-state index in [2.05, 4.69) is 29.3 Å². The summed E-state index contributed by atoms with van der Waals surface area (Å²) in [6.07, 6.45) is 3.71. The second kappa shape index (κ2) is 7.30. The molecule has 0 saturated carbocycles. The molecular weight excluding hydrogens is 270 g/mol. The number of fused-ring (bicyclic) bond motifs is 1. The van der Waals surface area contributed by atoms with Crippen LogP contribution in [0.3, 0.4) is 0 Å². The van der Waals surface area contributed by atoms with Crippen LogP contribution in [0.15, 0.2) is 30.2 Å². The first-order chi connectivity index (χ1) is 9.88. The fourth-order valence-corrected chi connectivity index (χ4v) is 1.91. The number of hydrogen-bond acceptors (Lipinski definition) is 5. The number of aromatic nitrogens is 2. The van der Waals surface area contributed by atoms with Crippen molar-refractivity contribution in [2.45, 2.75) is 27.3 Å². The van der Waals surface area contributed by atoms with Gasteiger partial charge in [-0.1, -0.05) is 6.07 Å². The molecule has 0 aliphatic carbocycles. The number of allylic oxidation sites excluding steroid dienone is 1. The topological polar surface area (TPSA) is 110 Å². The van der Waals surface area contributed by atoms with Gasteiger partial charge in [0, 0.05) is 23.8 Å². The quantitative estimate of drug-likeness (QED) is 0.444. The standard InChI is InChI=1S/C13H19N5.CH2O2/c1-9-4-5-13-16-12(8-18(13)11(9)3)7-17(15)6-10(2)14;2-1-3/h4-6,8H,7,14-15H2,1-3H3;1H,(H,2,3)/b10-6-;. The van der Waals surface area contributed by atoms with Gasteiger partial charge >= 0.3 is 0 Å². The lowest BCUT2D eigenvalue weighted by molar-refractivity contribution is -0.122. The molecule has 0 spiro atoms. The first-order valence-corrected chi connectivity index (χ1v) is 6.36. The maximum Gasteiger partial charge on any atom is 0.290 e. The van der Waals surface area contributed by atoms with Crippen LogP contribution in [0.4, 0.5) is 0 Å². The summed E-state index contributed by atoms with van der Waals surface area (Å²) in [5.74, 6) is 5.82. The van der Waals surface area contributed by atoms with Crippen LogP contribution < -0.4 is 11.6 Å². The zero-order chi connectivity index (χ0) is 16.0. The molecule has 0 bridgehead atoms. The predicted octanol–water partition coefficient (Wildman–Crippen LogP) is 1.15. The van der Waals surface area contributed by atoms with Gasteiger partial charge in [-0.15, -0.1) is 0 Å². The largest absolute Gasteiger partial charge is 0.483 e. The molecular formula is C14H21N5O2. The summed E-state index contributed by atoms with van der Waals surface area (Å²) in [5.41, 5.74) is 10.6. The molecule has 0 atom stereocenters. The average molecular weight is 291 g/mol. The van der Waals surface area contributed by atoms with Crippen molar-refractivity contribution < 1.29 is 9.90 Å². The molecule has 0 aromatic carbocycles. The van der Waals surface area contributed by atoms with E-state index in [1.165, 1.54) is 11.3 Å². The number of pyridine rings is 1. The summed E-state index contributed by atoms with van der Waals surface area (Å²) >= 11 is 0. The Bertz CT molecular complexity index is 644. The Kier molecular flexibility index (Phi) is 5.74. The van der Waals surface area contributed by atoms with Crippen LogP contribution in [0.1, 0.15) is 23.9 Å². The van der Waals surface area contributed by atoms with Crippen molar-refractivity contribution >= 4 is 12.1 Å². The molecule has 0 radical (unpaired) electrons. The number of aryl methyl sites for hydroxylation is 2. The number of hydrazine groups is 1. The van der Waals surface area contributed by atoms with Crippen molar-refractivity contribution in [1.82, 2.24) is 14.4 Å². The van der Waals surface area contributed by atoms with Crippen LogP contribution >= 0.6 is 0 Å². The number of nitrogens with two attached hydrogens (primary N) is 2. The minimum absolute atomic E-state index is 0.250. The Labute approximate surface area is 123 Å². The van der Waals surface area contributed by atoms with Crippen LogP contribution in [0.2, 0.25) is 0 Å². The molecule has 2 heterocycles. The minimum Gasteiger partial charge on any atom is -0.483 e. The summed E-state index contributed by atoms with van der Waals surface area (Å²) in [7, 11) is 0. The third-order valence-electron chi connectivity index (χ3n) is 2.91. The molecule has 2 aromatic rings. The van der Waals surface area contributed by atoms with E-state index in [0.717, 1.165) is 11.3 Å². The summed E-state index contributed by atoms with van der Waals surface area (Å²) in [5, 5.41) is 8.43. The highest BCUT2D eigenvalue weighted by atomic mass is 16.3. The fraction of sp³-hybridized carbons (Fsp3) is 0.286. The van der Waals surface area contributed by atoms with Gasteiger partial charge in [0.25, 0.3) is 6.47 Å². The first kappa shape index (κ1) is 16.5. The lowest BCUT2D eigenvalue weighted by atomic mass is 10.2. The molecule has 114 valence electrons. The molecule has 0 amide bonds. The van der Waals surface area contributed by atoms with Gasteiger partial charge < -0.3 is 20.2 Å². The van der Waals surface area contributed by atoms with E-state index < -0.39 is 0 Å². The van der Waals surface area contributed by atoms with E-state index in [9.17, 15) is 0 Å². The van der Waals surface area contributed by atoms with Gasteiger partial charge in [-0.2, -0.15) is 0 Å². The molecule has 7 heteroatoms. The zero-order valence-electron chi connectivity index (χ0n) is 12.4. The van der Waals surface area contributed by atoms with Gasteiger partial charge in [0.05, 0.1) is 12.2 Å². The van der Waals surface area contributed by atoms with Crippen molar-refractivity contribution in [2.24, 2.45) is 11.6 Å². The lowest BCUT2D eigenvalue weighted by Gasteiger charge is -2.11. The molecule has 0 fully saturated rings.